The van der Waals surface area contributed by atoms with Crippen molar-refractivity contribution in [1.29, 1.82) is 0 Å². The molecule has 0 aliphatic heterocycles. The van der Waals surface area contributed by atoms with Crippen molar-refractivity contribution in [3.8, 4) is 0 Å². The smallest absolute Gasteiger partial charge is 0.0547 e. The first-order valence-electron chi connectivity index (χ1n) is 6.51. The van der Waals surface area contributed by atoms with Crippen molar-refractivity contribution in [3.05, 3.63) is 58.9 Å². The minimum absolute atomic E-state index is 0.843. The minimum Gasteiger partial charge on any atom is -0.399 e. The molecule has 1 aromatic carbocycles. The van der Waals surface area contributed by atoms with Crippen LogP contribution in [-0.4, -0.2) is 16.9 Å². The number of hydrogen-bond acceptors (Lipinski definition) is 3. The van der Waals surface area contributed by atoms with Crippen LogP contribution in [0.1, 0.15) is 22.5 Å². The maximum Gasteiger partial charge on any atom is 0.0547 e. The van der Waals surface area contributed by atoms with Crippen LogP contribution in [0.5, 0.6) is 0 Å². The standard InChI is InChI=1S/C16H21N3/c1-12-6-4-8-15(18-12)11-19(3)10-14-7-5-9-16(17)13(14)2/h4-9H,10-11,17H2,1-3H3. The molecule has 3 heteroatoms. The van der Waals surface area contributed by atoms with E-state index in [4.69, 9.17) is 5.73 Å². The largest absolute Gasteiger partial charge is 0.399 e. The van der Waals surface area contributed by atoms with E-state index in [1.54, 1.807) is 0 Å². The van der Waals surface area contributed by atoms with E-state index in [0.29, 0.717) is 0 Å². The van der Waals surface area contributed by atoms with Crippen molar-refractivity contribution in [2.45, 2.75) is 26.9 Å². The van der Waals surface area contributed by atoms with Gasteiger partial charge in [-0.05, 0) is 50.2 Å². The van der Waals surface area contributed by atoms with Crippen molar-refractivity contribution in [2.24, 2.45) is 0 Å². The second-order valence-corrected chi connectivity index (χ2v) is 5.07. The van der Waals surface area contributed by atoms with Gasteiger partial charge in [-0.1, -0.05) is 18.2 Å². The Kier molecular flexibility index (Phi) is 4.17. The Hall–Kier alpha value is -1.87. The number of nitrogens with zero attached hydrogens (tertiary/aromatic N) is 2. The van der Waals surface area contributed by atoms with E-state index >= 15 is 0 Å². The van der Waals surface area contributed by atoms with Gasteiger partial charge < -0.3 is 5.73 Å². The monoisotopic (exact) mass is 255 g/mol. The summed E-state index contributed by atoms with van der Waals surface area (Å²) in [6, 6.07) is 12.2. The molecule has 19 heavy (non-hydrogen) atoms. The SMILES string of the molecule is Cc1cccc(CN(C)Cc2cccc(N)c2C)n1. The number of nitrogen functional groups attached to an aromatic ring is 1. The summed E-state index contributed by atoms with van der Waals surface area (Å²) in [5.74, 6) is 0. The molecule has 2 rings (SSSR count). The fourth-order valence-electron chi connectivity index (χ4n) is 2.19. The first kappa shape index (κ1) is 13.6. The van der Waals surface area contributed by atoms with Crippen LogP contribution in [0.2, 0.25) is 0 Å². The molecule has 0 spiro atoms. The Bertz CT molecular complexity index is 564. The number of aromatic nitrogens is 1. The Labute approximate surface area is 115 Å². The highest BCUT2D eigenvalue weighted by Crippen LogP contribution is 2.17. The highest BCUT2D eigenvalue weighted by molar-refractivity contribution is 5.49. The van der Waals surface area contributed by atoms with E-state index in [9.17, 15) is 0 Å². The maximum absolute atomic E-state index is 5.94. The van der Waals surface area contributed by atoms with Gasteiger partial charge in [0.25, 0.3) is 0 Å². The molecule has 2 aromatic rings. The summed E-state index contributed by atoms with van der Waals surface area (Å²) in [5.41, 5.74) is 11.4. The highest BCUT2D eigenvalue weighted by atomic mass is 15.1. The van der Waals surface area contributed by atoms with E-state index in [2.05, 4.69) is 42.1 Å². The van der Waals surface area contributed by atoms with Crippen molar-refractivity contribution >= 4 is 5.69 Å². The molecule has 0 bridgehead atoms. The minimum atomic E-state index is 0.843. The van der Waals surface area contributed by atoms with Crippen LogP contribution in [0.25, 0.3) is 0 Å². The summed E-state index contributed by atoms with van der Waals surface area (Å²) in [7, 11) is 2.10. The summed E-state index contributed by atoms with van der Waals surface area (Å²) >= 11 is 0. The van der Waals surface area contributed by atoms with E-state index in [1.807, 2.05) is 25.1 Å². The fourth-order valence-corrected chi connectivity index (χ4v) is 2.19. The zero-order valence-electron chi connectivity index (χ0n) is 11.9. The maximum atomic E-state index is 5.94. The Morgan fingerprint density at radius 3 is 2.53 bits per heavy atom. The van der Waals surface area contributed by atoms with E-state index in [0.717, 1.165) is 30.2 Å². The van der Waals surface area contributed by atoms with E-state index in [-0.39, 0.29) is 0 Å². The second-order valence-electron chi connectivity index (χ2n) is 5.07. The Morgan fingerprint density at radius 1 is 1.05 bits per heavy atom. The van der Waals surface area contributed by atoms with Crippen LogP contribution >= 0.6 is 0 Å². The van der Waals surface area contributed by atoms with Gasteiger partial charge in [-0.3, -0.25) is 9.88 Å². The first-order chi connectivity index (χ1) is 9.06. The lowest BCUT2D eigenvalue weighted by molar-refractivity contribution is 0.314. The predicted molar refractivity (Wildman–Crippen MR) is 79.7 cm³/mol. The number of anilines is 1. The molecule has 0 atom stereocenters. The molecule has 100 valence electrons. The molecule has 0 aliphatic carbocycles. The van der Waals surface area contributed by atoms with Crippen LogP contribution < -0.4 is 5.73 Å². The third-order valence-electron chi connectivity index (χ3n) is 3.31. The summed E-state index contributed by atoms with van der Waals surface area (Å²) in [6.07, 6.45) is 0. The van der Waals surface area contributed by atoms with Gasteiger partial charge in [-0.2, -0.15) is 0 Å². The second kappa shape index (κ2) is 5.85. The molecular formula is C16H21N3. The molecule has 0 saturated heterocycles. The lowest BCUT2D eigenvalue weighted by Gasteiger charge is -2.18. The summed E-state index contributed by atoms with van der Waals surface area (Å²) < 4.78 is 0. The van der Waals surface area contributed by atoms with Crippen molar-refractivity contribution < 1.29 is 0 Å². The predicted octanol–water partition coefficient (Wildman–Crippen LogP) is 2.91. The highest BCUT2D eigenvalue weighted by Gasteiger charge is 2.06. The van der Waals surface area contributed by atoms with Gasteiger partial charge in [0.2, 0.25) is 0 Å². The van der Waals surface area contributed by atoms with Gasteiger partial charge in [-0.25, -0.2) is 0 Å². The molecule has 2 N–H and O–H groups in total. The molecular weight excluding hydrogens is 234 g/mol. The van der Waals surface area contributed by atoms with Crippen molar-refractivity contribution in [2.75, 3.05) is 12.8 Å². The molecule has 0 unspecified atom stereocenters. The summed E-state index contributed by atoms with van der Waals surface area (Å²) in [4.78, 5) is 6.78. The third-order valence-corrected chi connectivity index (χ3v) is 3.31. The van der Waals surface area contributed by atoms with Gasteiger partial charge in [0, 0.05) is 24.5 Å². The molecule has 0 amide bonds. The van der Waals surface area contributed by atoms with Gasteiger partial charge in [0.15, 0.2) is 0 Å². The molecule has 0 saturated carbocycles. The molecule has 0 fully saturated rings. The number of hydrogen-bond donors (Lipinski definition) is 1. The number of pyridine rings is 1. The van der Waals surface area contributed by atoms with Gasteiger partial charge >= 0.3 is 0 Å². The molecule has 1 heterocycles. The van der Waals surface area contributed by atoms with Crippen LogP contribution in [0.4, 0.5) is 5.69 Å². The van der Waals surface area contributed by atoms with E-state index in [1.165, 1.54) is 11.1 Å². The molecule has 0 radical (unpaired) electrons. The average molecular weight is 255 g/mol. The third kappa shape index (κ3) is 3.55. The molecule has 1 aromatic heterocycles. The fraction of sp³-hybridized carbons (Fsp3) is 0.312. The average Bonchev–Trinajstić information content (AvgIpc) is 2.35. The van der Waals surface area contributed by atoms with Crippen LogP contribution in [-0.2, 0) is 13.1 Å². The number of aryl methyl sites for hydroxylation is 1. The van der Waals surface area contributed by atoms with Crippen molar-refractivity contribution in [3.63, 3.8) is 0 Å². The number of rotatable bonds is 4. The van der Waals surface area contributed by atoms with E-state index < -0.39 is 0 Å². The Morgan fingerprint density at radius 2 is 1.79 bits per heavy atom. The van der Waals surface area contributed by atoms with Gasteiger partial charge in [-0.15, -0.1) is 0 Å². The summed E-state index contributed by atoms with van der Waals surface area (Å²) in [5, 5.41) is 0. The topological polar surface area (TPSA) is 42.1 Å². The molecule has 0 aliphatic rings. The zero-order chi connectivity index (χ0) is 13.8. The van der Waals surface area contributed by atoms with Crippen LogP contribution in [0.3, 0.4) is 0 Å². The Balaban J connectivity index is 2.05. The normalized spacial score (nSPS) is 10.9. The van der Waals surface area contributed by atoms with Crippen molar-refractivity contribution in [1.82, 2.24) is 9.88 Å². The lowest BCUT2D eigenvalue weighted by Crippen LogP contribution is -2.19. The number of nitrogens with two attached hydrogens (primary N) is 1. The lowest BCUT2D eigenvalue weighted by atomic mass is 10.1. The van der Waals surface area contributed by atoms with Crippen LogP contribution in [0, 0.1) is 13.8 Å². The quantitative estimate of drug-likeness (QED) is 0.854. The zero-order valence-corrected chi connectivity index (χ0v) is 11.9. The van der Waals surface area contributed by atoms with Gasteiger partial charge in [0.05, 0.1) is 5.69 Å². The first-order valence-corrected chi connectivity index (χ1v) is 6.51. The van der Waals surface area contributed by atoms with Gasteiger partial charge in [0.1, 0.15) is 0 Å². The number of benzene rings is 1. The summed E-state index contributed by atoms with van der Waals surface area (Å²) in [6.45, 7) is 5.82. The van der Waals surface area contributed by atoms with Crippen LogP contribution in [0.15, 0.2) is 36.4 Å². The molecule has 3 nitrogen and oxygen atoms in total.